The molecule has 7 heteroatoms. The molecule has 0 saturated heterocycles. The number of nitrogens with zero attached hydrogens (tertiary/aromatic N) is 5. The Balaban J connectivity index is 1.73. The van der Waals surface area contributed by atoms with Gasteiger partial charge in [0.25, 0.3) is 11.7 Å². The maximum Gasteiger partial charge on any atom is 0.258 e. The highest BCUT2D eigenvalue weighted by molar-refractivity contribution is 6.31. The molecule has 4 rings (SSSR count). The van der Waals surface area contributed by atoms with Crippen molar-refractivity contribution in [3.8, 4) is 0 Å². The van der Waals surface area contributed by atoms with E-state index < -0.39 is 0 Å². The Morgan fingerprint density at radius 2 is 1.61 bits per heavy atom. The van der Waals surface area contributed by atoms with E-state index in [-0.39, 0.29) is 17.9 Å². The summed E-state index contributed by atoms with van der Waals surface area (Å²) in [7, 11) is 0. The number of hydrogen-bond donors (Lipinski definition) is 0. The molecule has 2 aromatic heterocycles. The third-order valence-electron chi connectivity index (χ3n) is 5.74. The van der Waals surface area contributed by atoms with Crippen LogP contribution in [0.3, 0.4) is 0 Å². The Morgan fingerprint density at radius 1 is 0.970 bits per heavy atom. The summed E-state index contributed by atoms with van der Waals surface area (Å²) in [6.07, 6.45) is 0. The molecule has 0 N–H and O–H groups in total. The Morgan fingerprint density at radius 3 is 2.21 bits per heavy atom. The molecule has 0 aliphatic heterocycles. The highest BCUT2D eigenvalue weighted by Crippen LogP contribution is 2.25. The summed E-state index contributed by atoms with van der Waals surface area (Å²) in [5.74, 6) is 0.847. The summed E-state index contributed by atoms with van der Waals surface area (Å²) in [6, 6.07) is 15.7. The average Bonchev–Trinajstić information content (AvgIpc) is 3.18. The van der Waals surface area contributed by atoms with Gasteiger partial charge in [0.05, 0.1) is 23.0 Å². The van der Waals surface area contributed by atoms with E-state index in [2.05, 4.69) is 35.8 Å². The minimum atomic E-state index is -0.114. The van der Waals surface area contributed by atoms with Gasteiger partial charge in [0.1, 0.15) is 0 Å². The van der Waals surface area contributed by atoms with E-state index >= 15 is 0 Å². The van der Waals surface area contributed by atoms with Crippen molar-refractivity contribution in [2.75, 3.05) is 4.90 Å². The number of carbonyl (C=O) groups is 1. The van der Waals surface area contributed by atoms with Gasteiger partial charge in [-0.2, -0.15) is 9.50 Å². The van der Waals surface area contributed by atoms with Crippen LogP contribution < -0.4 is 4.90 Å². The number of carbonyl (C=O) groups excluding carboxylic acids is 1. The first kappa shape index (κ1) is 22.9. The topological polar surface area (TPSA) is 63.4 Å². The van der Waals surface area contributed by atoms with Crippen LogP contribution in [-0.4, -0.2) is 25.5 Å². The number of aryl methyl sites for hydroxylation is 3. The molecule has 170 valence electrons. The Hall–Kier alpha value is -3.25. The summed E-state index contributed by atoms with van der Waals surface area (Å²) in [5, 5.41) is 5.14. The summed E-state index contributed by atoms with van der Waals surface area (Å²) < 4.78 is 1.63. The number of aromatic nitrogens is 4. The summed E-state index contributed by atoms with van der Waals surface area (Å²) in [6.45, 7) is 12.4. The van der Waals surface area contributed by atoms with Gasteiger partial charge in [-0.05, 0) is 56.0 Å². The van der Waals surface area contributed by atoms with Crippen molar-refractivity contribution in [3.05, 3.63) is 87.5 Å². The smallest absolute Gasteiger partial charge is 0.258 e. The number of hydrogen-bond acceptors (Lipinski definition) is 4. The second-order valence-corrected chi connectivity index (χ2v) is 9.77. The Bertz CT molecular complexity index is 1320. The monoisotopic (exact) mass is 461 g/mol. The third-order valence-corrected chi connectivity index (χ3v) is 6.29. The van der Waals surface area contributed by atoms with E-state index in [0.717, 1.165) is 16.9 Å². The van der Waals surface area contributed by atoms with E-state index in [0.29, 0.717) is 27.9 Å². The molecule has 1 amide bonds. The molecule has 0 bridgehead atoms. The fraction of sp³-hybridized carbons (Fsp3) is 0.308. The predicted octanol–water partition coefficient (Wildman–Crippen LogP) is 5.85. The van der Waals surface area contributed by atoms with E-state index in [4.69, 9.17) is 11.6 Å². The zero-order valence-electron chi connectivity index (χ0n) is 19.8. The fourth-order valence-electron chi connectivity index (χ4n) is 3.68. The van der Waals surface area contributed by atoms with Crippen LogP contribution in [0.2, 0.25) is 5.02 Å². The third kappa shape index (κ3) is 4.62. The second-order valence-electron chi connectivity index (χ2n) is 9.39. The molecule has 0 radical (unpaired) electrons. The van der Waals surface area contributed by atoms with Gasteiger partial charge in [-0.15, -0.1) is 5.10 Å². The molecule has 0 atom stereocenters. The van der Waals surface area contributed by atoms with Crippen LogP contribution in [0.25, 0.3) is 5.78 Å². The highest BCUT2D eigenvalue weighted by atomic mass is 35.5. The van der Waals surface area contributed by atoms with Crippen LogP contribution in [0.4, 0.5) is 5.69 Å². The van der Waals surface area contributed by atoms with Crippen LogP contribution in [0, 0.1) is 20.8 Å². The van der Waals surface area contributed by atoms with Crippen molar-refractivity contribution >= 4 is 29.0 Å². The Kier molecular flexibility index (Phi) is 5.97. The van der Waals surface area contributed by atoms with Gasteiger partial charge in [0, 0.05) is 11.3 Å². The van der Waals surface area contributed by atoms with Gasteiger partial charge in [-0.25, -0.2) is 4.98 Å². The molecule has 0 aliphatic carbocycles. The number of benzene rings is 2. The SMILES string of the molecule is Cc1ccc(N(Cc2nc3nc(C)c(Cl)c(C)n3n2)C(=O)c2ccc(C(C)(C)C)cc2)cc1. The van der Waals surface area contributed by atoms with E-state index in [1.54, 1.807) is 9.42 Å². The minimum absolute atomic E-state index is 0.0168. The maximum absolute atomic E-state index is 13.6. The lowest BCUT2D eigenvalue weighted by Crippen LogP contribution is -2.31. The molecule has 0 unspecified atom stereocenters. The molecule has 0 spiro atoms. The van der Waals surface area contributed by atoms with E-state index in [9.17, 15) is 4.79 Å². The van der Waals surface area contributed by atoms with Crippen molar-refractivity contribution in [2.24, 2.45) is 0 Å². The van der Waals surface area contributed by atoms with Crippen molar-refractivity contribution in [2.45, 2.75) is 53.5 Å². The normalized spacial score (nSPS) is 11.7. The van der Waals surface area contributed by atoms with E-state index in [1.807, 2.05) is 69.3 Å². The fourth-order valence-corrected chi connectivity index (χ4v) is 3.80. The predicted molar refractivity (Wildman–Crippen MR) is 132 cm³/mol. The van der Waals surface area contributed by atoms with Gasteiger partial charge in [0.2, 0.25) is 0 Å². The van der Waals surface area contributed by atoms with Crippen LogP contribution >= 0.6 is 11.6 Å². The van der Waals surface area contributed by atoms with Crippen molar-refractivity contribution in [1.29, 1.82) is 0 Å². The van der Waals surface area contributed by atoms with Crippen molar-refractivity contribution < 1.29 is 4.79 Å². The highest BCUT2D eigenvalue weighted by Gasteiger charge is 2.22. The molecule has 0 saturated carbocycles. The number of anilines is 1. The van der Waals surface area contributed by atoms with Gasteiger partial charge in [-0.3, -0.25) is 4.79 Å². The zero-order chi connectivity index (χ0) is 23.9. The van der Waals surface area contributed by atoms with Gasteiger partial charge in [-0.1, -0.05) is 62.2 Å². The summed E-state index contributed by atoms with van der Waals surface area (Å²) in [4.78, 5) is 24.3. The largest absolute Gasteiger partial charge is 0.301 e. The van der Waals surface area contributed by atoms with Crippen LogP contribution in [-0.2, 0) is 12.0 Å². The lowest BCUT2D eigenvalue weighted by molar-refractivity contribution is 0.0984. The summed E-state index contributed by atoms with van der Waals surface area (Å²) in [5.41, 5.74) is 5.18. The van der Waals surface area contributed by atoms with Crippen LogP contribution in [0.1, 0.15) is 59.5 Å². The van der Waals surface area contributed by atoms with Crippen LogP contribution in [0.15, 0.2) is 48.5 Å². The first-order valence-corrected chi connectivity index (χ1v) is 11.3. The minimum Gasteiger partial charge on any atom is -0.301 e. The first-order chi connectivity index (χ1) is 15.5. The zero-order valence-corrected chi connectivity index (χ0v) is 20.6. The number of rotatable bonds is 4. The molecular weight excluding hydrogens is 434 g/mol. The number of fused-ring (bicyclic) bond motifs is 1. The standard InChI is InChI=1S/C26H28ClN5O/c1-16-7-13-21(14-8-16)31(24(33)19-9-11-20(12-10-19)26(4,5)6)15-22-29-25-28-17(2)23(27)18(3)32(25)30-22/h7-14H,15H2,1-6H3. The van der Waals surface area contributed by atoms with E-state index in [1.165, 1.54) is 5.56 Å². The van der Waals surface area contributed by atoms with Crippen LogP contribution in [0.5, 0.6) is 0 Å². The van der Waals surface area contributed by atoms with Crippen molar-refractivity contribution in [1.82, 2.24) is 19.6 Å². The first-order valence-electron chi connectivity index (χ1n) is 10.9. The molecule has 33 heavy (non-hydrogen) atoms. The quantitative estimate of drug-likeness (QED) is 0.382. The molecule has 2 aromatic carbocycles. The molecule has 0 fully saturated rings. The molecule has 4 aromatic rings. The Labute approximate surface area is 199 Å². The van der Waals surface area contributed by atoms with Gasteiger partial charge < -0.3 is 4.90 Å². The summed E-state index contributed by atoms with van der Waals surface area (Å²) >= 11 is 6.34. The van der Waals surface area contributed by atoms with Gasteiger partial charge >= 0.3 is 0 Å². The van der Waals surface area contributed by atoms with Crippen molar-refractivity contribution in [3.63, 3.8) is 0 Å². The lowest BCUT2D eigenvalue weighted by atomic mass is 9.86. The number of amides is 1. The van der Waals surface area contributed by atoms with Gasteiger partial charge in [0.15, 0.2) is 5.82 Å². The molecule has 6 nitrogen and oxygen atoms in total. The second kappa shape index (κ2) is 8.60. The maximum atomic E-state index is 13.6. The lowest BCUT2D eigenvalue weighted by Gasteiger charge is -2.23. The molecular formula is C26H28ClN5O. The molecule has 0 aliphatic rings. The number of halogens is 1. The average molecular weight is 462 g/mol. The molecule has 2 heterocycles.